The molecule has 1 heterocycles. The molecule has 112 valence electrons. The van der Waals surface area contributed by atoms with Crippen LogP contribution >= 0.6 is 7.67 Å². The molecule has 1 rings (SSSR count). The zero-order valence-electron chi connectivity index (χ0n) is 11.9. The van der Waals surface area contributed by atoms with Crippen LogP contribution in [0.4, 0.5) is 0 Å². The fraction of sp³-hybridized carbons (Fsp3) is 0.917. The van der Waals surface area contributed by atoms with Gasteiger partial charge in [-0.05, 0) is 19.3 Å². The van der Waals surface area contributed by atoms with Gasteiger partial charge in [0.2, 0.25) is 0 Å². The fourth-order valence-electron chi connectivity index (χ4n) is 2.24. The first kappa shape index (κ1) is 16.6. The summed E-state index contributed by atoms with van der Waals surface area (Å²) in [4.78, 5) is 10.7. The summed E-state index contributed by atoms with van der Waals surface area (Å²) >= 11 is 0. The molecule has 1 aliphatic heterocycles. The molecule has 6 nitrogen and oxygen atoms in total. The van der Waals surface area contributed by atoms with E-state index in [9.17, 15) is 9.36 Å². The predicted molar refractivity (Wildman–Crippen MR) is 74.2 cm³/mol. The van der Waals surface area contributed by atoms with E-state index in [1.54, 1.807) is 4.67 Å². The van der Waals surface area contributed by atoms with Crippen molar-refractivity contribution in [2.45, 2.75) is 39.5 Å². The van der Waals surface area contributed by atoms with E-state index in [1.165, 1.54) is 0 Å². The van der Waals surface area contributed by atoms with Gasteiger partial charge >= 0.3 is 13.6 Å². The third kappa shape index (κ3) is 4.56. The van der Waals surface area contributed by atoms with Crippen LogP contribution in [0, 0.1) is 0 Å². The van der Waals surface area contributed by atoms with Crippen molar-refractivity contribution < 1.29 is 19.0 Å². The van der Waals surface area contributed by atoms with Gasteiger partial charge in [0.15, 0.2) is 0 Å². The third-order valence-corrected chi connectivity index (χ3v) is 5.83. The maximum atomic E-state index is 13.1. The Morgan fingerprint density at radius 3 is 2.53 bits per heavy atom. The maximum Gasteiger partial charge on any atom is 0.346 e. The average Bonchev–Trinajstić information content (AvgIpc) is 2.37. The summed E-state index contributed by atoms with van der Waals surface area (Å²) in [6.45, 7) is 6.94. The van der Waals surface area contributed by atoms with Crippen molar-refractivity contribution in [1.82, 2.24) is 9.34 Å². The molecule has 19 heavy (non-hydrogen) atoms. The van der Waals surface area contributed by atoms with Gasteiger partial charge in [0.05, 0.1) is 13.0 Å². The summed E-state index contributed by atoms with van der Waals surface area (Å²) in [5.41, 5.74) is 0. The largest absolute Gasteiger partial charge is 0.481 e. The standard InChI is InChI=1S/C12H25N2O4P/c1-3-7-13(8-4-2)19(17)14(9-5-11-18-19)10-6-12(15)16/h3-11H2,1-2H3,(H,15,16). The second-order valence-corrected chi connectivity index (χ2v) is 7.10. The van der Waals surface area contributed by atoms with E-state index in [2.05, 4.69) is 0 Å². The predicted octanol–water partition coefficient (Wildman–Crippen LogP) is 2.41. The highest BCUT2D eigenvalue weighted by molar-refractivity contribution is 7.54. The lowest BCUT2D eigenvalue weighted by Gasteiger charge is -2.40. The molecule has 1 fully saturated rings. The Kier molecular flexibility index (Phi) is 7.00. The molecule has 1 atom stereocenters. The Morgan fingerprint density at radius 1 is 1.37 bits per heavy atom. The molecular formula is C12H25N2O4P. The lowest BCUT2D eigenvalue weighted by Crippen LogP contribution is -2.39. The van der Waals surface area contributed by atoms with Crippen molar-refractivity contribution in [1.29, 1.82) is 0 Å². The van der Waals surface area contributed by atoms with Crippen LogP contribution in [0.15, 0.2) is 0 Å². The Labute approximate surface area is 115 Å². The Balaban J connectivity index is 2.80. The number of hydrogen-bond donors (Lipinski definition) is 1. The molecular weight excluding hydrogens is 267 g/mol. The molecule has 0 spiro atoms. The van der Waals surface area contributed by atoms with E-state index in [0.717, 1.165) is 19.3 Å². The van der Waals surface area contributed by atoms with Crippen LogP contribution < -0.4 is 0 Å². The highest BCUT2D eigenvalue weighted by Gasteiger charge is 2.40. The number of carboxylic acids is 1. The first-order valence-corrected chi connectivity index (χ1v) is 8.54. The minimum atomic E-state index is -3.02. The average molecular weight is 292 g/mol. The van der Waals surface area contributed by atoms with Crippen molar-refractivity contribution in [3.63, 3.8) is 0 Å². The minimum Gasteiger partial charge on any atom is -0.481 e. The zero-order valence-corrected chi connectivity index (χ0v) is 12.8. The molecule has 0 aromatic carbocycles. The van der Waals surface area contributed by atoms with Crippen molar-refractivity contribution in [3.8, 4) is 0 Å². The second-order valence-electron chi connectivity index (χ2n) is 4.73. The molecule has 0 bridgehead atoms. The SMILES string of the molecule is CCCN(CCC)P1(=O)OCCCN1CCC(=O)O. The number of rotatable bonds is 8. The first-order valence-electron chi connectivity index (χ1n) is 7.01. The molecule has 1 N–H and O–H groups in total. The Hall–Kier alpha value is -0.420. The monoisotopic (exact) mass is 292 g/mol. The topological polar surface area (TPSA) is 70.1 Å². The summed E-state index contributed by atoms with van der Waals surface area (Å²) in [7, 11) is -3.02. The van der Waals surface area contributed by atoms with Gasteiger partial charge in [0, 0.05) is 26.2 Å². The zero-order chi connectivity index (χ0) is 14.3. The summed E-state index contributed by atoms with van der Waals surface area (Å²) in [6.07, 6.45) is 2.61. The number of carbonyl (C=O) groups is 1. The molecule has 0 aromatic rings. The fourth-order valence-corrected chi connectivity index (χ4v) is 4.95. The summed E-state index contributed by atoms with van der Waals surface area (Å²) in [5, 5.41) is 8.79. The molecule has 0 aliphatic carbocycles. The summed E-state index contributed by atoms with van der Waals surface area (Å²) in [5.74, 6) is -0.866. The lowest BCUT2D eigenvalue weighted by molar-refractivity contribution is -0.137. The van der Waals surface area contributed by atoms with E-state index in [-0.39, 0.29) is 13.0 Å². The van der Waals surface area contributed by atoms with Crippen LogP contribution in [0.2, 0.25) is 0 Å². The van der Waals surface area contributed by atoms with Crippen molar-refractivity contribution in [2.24, 2.45) is 0 Å². The lowest BCUT2D eigenvalue weighted by atomic mass is 10.4. The van der Waals surface area contributed by atoms with E-state index in [1.807, 2.05) is 18.5 Å². The molecule has 7 heteroatoms. The van der Waals surface area contributed by atoms with E-state index >= 15 is 0 Å². The quantitative estimate of drug-likeness (QED) is 0.693. The van der Waals surface area contributed by atoms with Gasteiger partial charge in [-0.3, -0.25) is 9.36 Å². The van der Waals surface area contributed by atoms with Gasteiger partial charge in [0.25, 0.3) is 0 Å². The van der Waals surface area contributed by atoms with Gasteiger partial charge in [0.1, 0.15) is 0 Å². The Morgan fingerprint density at radius 2 is 2.00 bits per heavy atom. The number of hydrogen-bond acceptors (Lipinski definition) is 3. The molecule has 1 aliphatic rings. The van der Waals surface area contributed by atoms with Crippen LogP contribution in [0.3, 0.4) is 0 Å². The maximum absolute atomic E-state index is 13.1. The first-order chi connectivity index (χ1) is 9.04. The third-order valence-electron chi connectivity index (χ3n) is 3.08. The van der Waals surface area contributed by atoms with Crippen molar-refractivity contribution in [2.75, 3.05) is 32.8 Å². The van der Waals surface area contributed by atoms with Gasteiger partial charge in [-0.2, -0.15) is 0 Å². The van der Waals surface area contributed by atoms with Crippen LogP contribution in [-0.2, 0) is 13.9 Å². The highest BCUT2D eigenvalue weighted by Crippen LogP contribution is 2.56. The van der Waals surface area contributed by atoms with Gasteiger partial charge in [-0.1, -0.05) is 13.8 Å². The van der Waals surface area contributed by atoms with Gasteiger partial charge in [-0.15, -0.1) is 0 Å². The molecule has 1 saturated heterocycles. The van der Waals surface area contributed by atoms with Crippen molar-refractivity contribution in [3.05, 3.63) is 0 Å². The van der Waals surface area contributed by atoms with Crippen LogP contribution in [0.1, 0.15) is 39.5 Å². The molecule has 0 amide bonds. The highest BCUT2D eigenvalue weighted by atomic mass is 31.2. The molecule has 0 aromatic heterocycles. The number of nitrogens with zero attached hydrogens (tertiary/aromatic N) is 2. The summed E-state index contributed by atoms with van der Waals surface area (Å²) < 4.78 is 22.3. The normalized spacial score (nSPS) is 24.8. The van der Waals surface area contributed by atoms with E-state index in [0.29, 0.717) is 26.2 Å². The van der Waals surface area contributed by atoms with Crippen molar-refractivity contribution >= 4 is 13.6 Å². The van der Waals surface area contributed by atoms with Crippen LogP contribution in [0.5, 0.6) is 0 Å². The molecule has 0 radical (unpaired) electrons. The van der Waals surface area contributed by atoms with E-state index in [4.69, 9.17) is 9.63 Å². The van der Waals surface area contributed by atoms with Crippen LogP contribution in [-0.4, -0.2) is 53.2 Å². The van der Waals surface area contributed by atoms with Crippen LogP contribution in [0.25, 0.3) is 0 Å². The van der Waals surface area contributed by atoms with Gasteiger partial charge < -0.3 is 9.63 Å². The molecule has 1 unspecified atom stereocenters. The molecule has 0 saturated carbocycles. The number of carboxylic acid groups (broad SMARTS) is 1. The van der Waals surface area contributed by atoms with E-state index < -0.39 is 13.6 Å². The second kappa shape index (κ2) is 8.00. The smallest absolute Gasteiger partial charge is 0.346 e. The number of aliphatic carboxylic acids is 1. The Bertz CT molecular complexity index is 332. The summed E-state index contributed by atoms with van der Waals surface area (Å²) in [6, 6.07) is 0. The minimum absolute atomic E-state index is 0.000556. The van der Waals surface area contributed by atoms with Gasteiger partial charge in [-0.25, -0.2) is 9.34 Å².